The third kappa shape index (κ3) is 4.13. The van der Waals surface area contributed by atoms with Crippen molar-refractivity contribution in [3.8, 4) is 11.1 Å². The normalized spacial score (nSPS) is 12.0. The van der Waals surface area contributed by atoms with Crippen LogP contribution < -0.4 is 4.90 Å². The SMILES string of the molecule is c1ccc2c(c1)ccc1c2oc2cccc(N(c3ccc(-c4cccc5c4sc4ccccc45)cc3)c3ccc4c(c3)sc3ccccc34)c21. The zero-order valence-electron chi connectivity index (χ0n) is 26.8. The van der Waals surface area contributed by atoms with Gasteiger partial charge in [0.1, 0.15) is 11.2 Å². The number of fused-ring (bicyclic) bond motifs is 11. The summed E-state index contributed by atoms with van der Waals surface area (Å²) in [4.78, 5) is 2.40. The average molecular weight is 674 g/mol. The van der Waals surface area contributed by atoms with Crippen LogP contribution >= 0.6 is 22.7 Å². The monoisotopic (exact) mass is 673 g/mol. The molecular weight excluding hydrogens is 647 g/mol. The summed E-state index contributed by atoms with van der Waals surface area (Å²) >= 11 is 3.73. The second kappa shape index (κ2) is 10.8. The van der Waals surface area contributed by atoms with Gasteiger partial charge in [-0.1, -0.05) is 109 Å². The van der Waals surface area contributed by atoms with Crippen LogP contribution in [0.1, 0.15) is 0 Å². The van der Waals surface area contributed by atoms with Gasteiger partial charge in [-0.25, -0.2) is 0 Å². The summed E-state index contributed by atoms with van der Waals surface area (Å²) in [6.45, 7) is 0. The van der Waals surface area contributed by atoms with E-state index >= 15 is 0 Å². The Morgan fingerprint density at radius 2 is 1.10 bits per heavy atom. The lowest BCUT2D eigenvalue weighted by Gasteiger charge is -2.26. The number of nitrogens with zero attached hydrogens (tertiary/aromatic N) is 1. The third-order valence-electron chi connectivity index (χ3n) is 10.1. The van der Waals surface area contributed by atoms with Crippen LogP contribution in [0, 0.1) is 0 Å². The van der Waals surface area contributed by atoms with Crippen molar-refractivity contribution in [2.75, 3.05) is 4.90 Å². The van der Waals surface area contributed by atoms with Gasteiger partial charge in [0, 0.05) is 62.5 Å². The Hall–Kier alpha value is -5.94. The number of hydrogen-bond acceptors (Lipinski definition) is 4. The van der Waals surface area contributed by atoms with E-state index in [-0.39, 0.29) is 0 Å². The molecule has 3 aromatic heterocycles. The van der Waals surface area contributed by atoms with Gasteiger partial charge in [-0.2, -0.15) is 0 Å². The Labute approximate surface area is 295 Å². The number of furan rings is 1. The molecule has 234 valence electrons. The van der Waals surface area contributed by atoms with E-state index < -0.39 is 0 Å². The Morgan fingerprint density at radius 1 is 0.440 bits per heavy atom. The lowest BCUT2D eigenvalue weighted by molar-refractivity contribution is 0.672. The van der Waals surface area contributed by atoms with Gasteiger partial charge in [-0.3, -0.25) is 0 Å². The highest BCUT2D eigenvalue weighted by atomic mass is 32.1. The maximum atomic E-state index is 6.66. The molecule has 0 fully saturated rings. The van der Waals surface area contributed by atoms with E-state index in [2.05, 4.69) is 169 Å². The molecule has 3 heterocycles. The quantitative estimate of drug-likeness (QED) is 0.185. The predicted molar refractivity (Wildman–Crippen MR) is 217 cm³/mol. The lowest BCUT2D eigenvalue weighted by Crippen LogP contribution is -2.10. The second-order valence-corrected chi connectivity index (χ2v) is 15.0. The topological polar surface area (TPSA) is 16.4 Å². The largest absolute Gasteiger partial charge is 0.455 e. The summed E-state index contributed by atoms with van der Waals surface area (Å²) in [6, 6.07) is 59.4. The van der Waals surface area contributed by atoms with E-state index in [9.17, 15) is 0 Å². The first-order valence-electron chi connectivity index (χ1n) is 16.8. The van der Waals surface area contributed by atoms with Crippen molar-refractivity contribution in [3.63, 3.8) is 0 Å². The molecule has 0 saturated carbocycles. The predicted octanol–water partition coefficient (Wildman–Crippen LogP) is 14.6. The molecule has 11 rings (SSSR count). The third-order valence-corrected chi connectivity index (χ3v) is 12.4. The van der Waals surface area contributed by atoms with Gasteiger partial charge in [-0.15, -0.1) is 22.7 Å². The molecule has 0 atom stereocenters. The number of thiophene rings is 2. The molecule has 0 aliphatic rings. The Morgan fingerprint density at radius 3 is 1.96 bits per heavy atom. The van der Waals surface area contributed by atoms with E-state index in [4.69, 9.17) is 4.42 Å². The van der Waals surface area contributed by atoms with Gasteiger partial charge in [0.2, 0.25) is 0 Å². The number of hydrogen-bond donors (Lipinski definition) is 0. The van der Waals surface area contributed by atoms with E-state index in [0.29, 0.717) is 0 Å². The Balaban J connectivity index is 1.13. The van der Waals surface area contributed by atoms with Crippen molar-refractivity contribution in [1.82, 2.24) is 0 Å². The molecule has 0 saturated heterocycles. The molecule has 0 amide bonds. The van der Waals surface area contributed by atoms with Gasteiger partial charge in [0.15, 0.2) is 0 Å². The Bertz CT molecular complexity index is 3110. The number of benzene rings is 8. The number of anilines is 3. The summed E-state index contributed by atoms with van der Waals surface area (Å²) in [6.07, 6.45) is 0. The highest BCUT2D eigenvalue weighted by Gasteiger charge is 2.21. The maximum absolute atomic E-state index is 6.66. The maximum Gasteiger partial charge on any atom is 0.143 e. The number of rotatable bonds is 4. The zero-order chi connectivity index (χ0) is 32.8. The Kier molecular flexibility index (Phi) is 6.03. The van der Waals surface area contributed by atoms with Crippen LogP contribution in [-0.4, -0.2) is 0 Å². The van der Waals surface area contributed by atoms with Crippen LogP contribution in [0.2, 0.25) is 0 Å². The van der Waals surface area contributed by atoms with E-state index in [1.54, 1.807) is 0 Å². The molecule has 0 N–H and O–H groups in total. The van der Waals surface area contributed by atoms with Gasteiger partial charge in [-0.05, 0) is 71.1 Å². The van der Waals surface area contributed by atoms with Crippen molar-refractivity contribution < 1.29 is 4.42 Å². The molecular formula is C46H27NOS2. The molecule has 2 nitrogen and oxygen atoms in total. The fourth-order valence-corrected chi connectivity index (χ4v) is 10.1. The standard InChI is InChI=1S/C46H27NOS2/c1-2-10-32-28(9-1)21-25-38-44-39(15-8-16-40(44)48-45(32)38)47(31-24-26-36-34-11-3-5-17-41(34)49-43(36)27-31)30-22-19-29(20-23-30)33-13-7-14-37-35-12-4-6-18-42(35)50-46(33)37/h1-27H. The molecule has 0 radical (unpaired) electrons. The molecule has 4 heteroatoms. The summed E-state index contributed by atoms with van der Waals surface area (Å²) in [7, 11) is 0. The first-order chi connectivity index (χ1) is 24.8. The van der Waals surface area contributed by atoms with Crippen LogP contribution in [0.5, 0.6) is 0 Å². The minimum absolute atomic E-state index is 0.884. The molecule has 8 aromatic carbocycles. The van der Waals surface area contributed by atoms with Crippen LogP contribution in [0.25, 0.3) is 84.2 Å². The zero-order valence-corrected chi connectivity index (χ0v) is 28.4. The minimum Gasteiger partial charge on any atom is -0.455 e. The van der Waals surface area contributed by atoms with Gasteiger partial charge in [0.05, 0.1) is 11.1 Å². The summed E-state index contributed by atoms with van der Waals surface area (Å²) in [5.41, 5.74) is 7.60. The van der Waals surface area contributed by atoms with Gasteiger partial charge >= 0.3 is 0 Å². The van der Waals surface area contributed by atoms with Crippen molar-refractivity contribution in [1.29, 1.82) is 0 Å². The van der Waals surface area contributed by atoms with E-state index in [1.165, 1.54) is 56.9 Å². The van der Waals surface area contributed by atoms with Crippen molar-refractivity contribution >= 4 is 113 Å². The summed E-state index contributed by atoms with van der Waals surface area (Å²) in [5, 5.41) is 9.78. The average Bonchev–Trinajstić information content (AvgIpc) is 3.87. The second-order valence-electron chi connectivity index (χ2n) is 12.9. The van der Waals surface area contributed by atoms with Crippen LogP contribution in [-0.2, 0) is 0 Å². The van der Waals surface area contributed by atoms with E-state index in [1.807, 2.05) is 22.7 Å². The van der Waals surface area contributed by atoms with Crippen molar-refractivity contribution in [2.24, 2.45) is 0 Å². The minimum atomic E-state index is 0.884. The molecule has 11 aromatic rings. The van der Waals surface area contributed by atoms with Crippen molar-refractivity contribution in [3.05, 3.63) is 164 Å². The smallest absolute Gasteiger partial charge is 0.143 e. The van der Waals surface area contributed by atoms with Gasteiger partial charge in [0.25, 0.3) is 0 Å². The summed E-state index contributed by atoms with van der Waals surface area (Å²) in [5.74, 6) is 0. The molecule has 0 bridgehead atoms. The van der Waals surface area contributed by atoms with Crippen LogP contribution in [0.15, 0.2) is 168 Å². The fourth-order valence-electron chi connectivity index (χ4n) is 7.77. The van der Waals surface area contributed by atoms with Gasteiger partial charge < -0.3 is 9.32 Å². The molecule has 0 spiro atoms. The van der Waals surface area contributed by atoms with Crippen LogP contribution in [0.4, 0.5) is 17.1 Å². The van der Waals surface area contributed by atoms with Crippen LogP contribution in [0.3, 0.4) is 0 Å². The molecule has 0 unspecified atom stereocenters. The van der Waals surface area contributed by atoms with Crippen molar-refractivity contribution in [2.45, 2.75) is 0 Å². The molecule has 50 heavy (non-hydrogen) atoms. The summed E-state index contributed by atoms with van der Waals surface area (Å²) < 4.78 is 11.9. The molecule has 0 aliphatic heterocycles. The highest BCUT2D eigenvalue weighted by Crippen LogP contribution is 2.47. The first kappa shape index (κ1) is 28.0. The first-order valence-corrected chi connectivity index (χ1v) is 18.5. The van der Waals surface area contributed by atoms with E-state index in [0.717, 1.165) is 44.4 Å². The fraction of sp³-hybridized carbons (Fsp3) is 0. The molecule has 0 aliphatic carbocycles. The lowest BCUT2D eigenvalue weighted by atomic mass is 10.0. The highest BCUT2D eigenvalue weighted by molar-refractivity contribution is 7.26.